The molecule has 0 saturated carbocycles. The molecule has 0 spiro atoms. The van der Waals surface area contributed by atoms with Crippen molar-refractivity contribution in [2.45, 2.75) is 38.6 Å². The Morgan fingerprint density at radius 1 is 1.33 bits per heavy atom. The number of hydrogen-bond donors (Lipinski definition) is 1. The van der Waals surface area contributed by atoms with E-state index in [1.165, 1.54) is 4.90 Å². The fraction of sp³-hybridized carbons (Fsp3) is 0.818. The van der Waals surface area contributed by atoms with Crippen LogP contribution in [-0.4, -0.2) is 35.8 Å². The lowest BCUT2D eigenvalue weighted by atomic mass is 9.97. The van der Waals surface area contributed by atoms with Crippen molar-refractivity contribution < 1.29 is 9.59 Å². The summed E-state index contributed by atoms with van der Waals surface area (Å²) < 4.78 is 0. The highest BCUT2D eigenvalue weighted by Gasteiger charge is 2.32. The van der Waals surface area contributed by atoms with E-state index in [0.29, 0.717) is 25.4 Å². The summed E-state index contributed by atoms with van der Waals surface area (Å²) in [5.74, 6) is 0.234. The summed E-state index contributed by atoms with van der Waals surface area (Å²) in [6, 6.07) is 0.325. The molecule has 15 heavy (non-hydrogen) atoms. The van der Waals surface area contributed by atoms with E-state index < -0.39 is 0 Å². The van der Waals surface area contributed by atoms with E-state index in [1.54, 1.807) is 0 Å². The van der Waals surface area contributed by atoms with E-state index in [9.17, 15) is 9.59 Å². The van der Waals surface area contributed by atoms with Crippen molar-refractivity contribution in [2.24, 2.45) is 5.92 Å². The number of imide groups is 1. The zero-order valence-corrected chi connectivity index (χ0v) is 9.16. The fourth-order valence-corrected chi connectivity index (χ4v) is 2.36. The summed E-state index contributed by atoms with van der Waals surface area (Å²) in [4.78, 5) is 24.8. The average molecular weight is 210 g/mol. The molecule has 2 rings (SSSR count). The van der Waals surface area contributed by atoms with Crippen LogP contribution in [0.15, 0.2) is 0 Å². The van der Waals surface area contributed by atoms with Gasteiger partial charge in [-0.2, -0.15) is 0 Å². The Labute approximate surface area is 90.0 Å². The van der Waals surface area contributed by atoms with Gasteiger partial charge in [0.1, 0.15) is 0 Å². The Bertz CT molecular complexity index is 254. The molecule has 1 atom stereocenters. The molecule has 84 valence electrons. The van der Waals surface area contributed by atoms with Crippen LogP contribution in [0.1, 0.15) is 32.6 Å². The van der Waals surface area contributed by atoms with Gasteiger partial charge in [0.2, 0.25) is 11.8 Å². The number of rotatable bonds is 2. The number of hydrogen-bond acceptors (Lipinski definition) is 3. The van der Waals surface area contributed by atoms with Crippen LogP contribution in [0.3, 0.4) is 0 Å². The van der Waals surface area contributed by atoms with Crippen LogP contribution in [0, 0.1) is 5.92 Å². The molecule has 2 saturated heterocycles. The van der Waals surface area contributed by atoms with Gasteiger partial charge in [-0.05, 0) is 25.3 Å². The van der Waals surface area contributed by atoms with Crippen molar-refractivity contribution in [3.63, 3.8) is 0 Å². The molecule has 0 aliphatic carbocycles. The van der Waals surface area contributed by atoms with Gasteiger partial charge < -0.3 is 5.32 Å². The number of amides is 2. The molecule has 0 aromatic heterocycles. The average Bonchev–Trinajstić information content (AvgIpc) is 2.63. The molecule has 4 heteroatoms. The SMILES string of the molecule is CC1CC(=O)N(C[C@H]2CCCN2)C(=O)C1. The van der Waals surface area contributed by atoms with Crippen molar-refractivity contribution >= 4 is 11.8 Å². The Kier molecular flexibility index (Phi) is 3.05. The number of carbonyl (C=O) groups excluding carboxylic acids is 2. The second kappa shape index (κ2) is 4.31. The molecular formula is C11H18N2O2. The van der Waals surface area contributed by atoms with Crippen LogP contribution in [0.2, 0.25) is 0 Å². The molecule has 0 aromatic carbocycles. The summed E-state index contributed by atoms with van der Waals surface area (Å²) in [5.41, 5.74) is 0. The maximum atomic E-state index is 11.7. The van der Waals surface area contributed by atoms with Gasteiger partial charge in [0.15, 0.2) is 0 Å². The van der Waals surface area contributed by atoms with Gasteiger partial charge in [-0.3, -0.25) is 14.5 Å². The molecule has 2 heterocycles. The highest BCUT2D eigenvalue weighted by Crippen LogP contribution is 2.20. The van der Waals surface area contributed by atoms with Crippen molar-refractivity contribution in [2.75, 3.05) is 13.1 Å². The summed E-state index contributed by atoms with van der Waals surface area (Å²) >= 11 is 0. The van der Waals surface area contributed by atoms with E-state index in [0.717, 1.165) is 19.4 Å². The second-order valence-corrected chi connectivity index (χ2v) is 4.70. The Morgan fingerprint density at radius 2 is 2.00 bits per heavy atom. The minimum atomic E-state index is 0.00690. The zero-order chi connectivity index (χ0) is 10.8. The normalized spacial score (nSPS) is 28.9. The van der Waals surface area contributed by atoms with Crippen LogP contribution < -0.4 is 5.32 Å². The van der Waals surface area contributed by atoms with Crippen LogP contribution in [0.5, 0.6) is 0 Å². The third kappa shape index (κ3) is 2.37. The molecule has 0 aromatic rings. The summed E-state index contributed by atoms with van der Waals surface area (Å²) in [6.45, 7) is 3.54. The molecule has 2 fully saturated rings. The van der Waals surface area contributed by atoms with E-state index in [4.69, 9.17) is 0 Å². The van der Waals surface area contributed by atoms with Gasteiger partial charge in [0, 0.05) is 25.4 Å². The number of nitrogens with zero attached hydrogens (tertiary/aromatic N) is 1. The predicted octanol–water partition coefficient (Wildman–Crippen LogP) is 0.524. The molecule has 2 aliphatic rings. The number of piperidine rings is 1. The lowest BCUT2D eigenvalue weighted by Crippen LogP contribution is -2.48. The maximum Gasteiger partial charge on any atom is 0.229 e. The maximum absolute atomic E-state index is 11.7. The van der Waals surface area contributed by atoms with Gasteiger partial charge in [-0.1, -0.05) is 6.92 Å². The predicted molar refractivity (Wildman–Crippen MR) is 56.1 cm³/mol. The summed E-state index contributed by atoms with van der Waals surface area (Å²) in [7, 11) is 0. The first-order valence-electron chi connectivity index (χ1n) is 5.73. The Hall–Kier alpha value is -0.900. The number of nitrogens with one attached hydrogen (secondary N) is 1. The minimum absolute atomic E-state index is 0.00690. The lowest BCUT2D eigenvalue weighted by molar-refractivity contribution is -0.150. The third-order valence-corrected chi connectivity index (χ3v) is 3.21. The first-order chi connectivity index (χ1) is 7.16. The fourth-order valence-electron chi connectivity index (χ4n) is 2.36. The summed E-state index contributed by atoms with van der Waals surface area (Å²) in [5, 5.41) is 3.31. The molecule has 0 radical (unpaired) electrons. The van der Waals surface area contributed by atoms with Gasteiger partial charge in [0.25, 0.3) is 0 Å². The first-order valence-corrected chi connectivity index (χ1v) is 5.73. The van der Waals surface area contributed by atoms with Gasteiger partial charge >= 0.3 is 0 Å². The molecule has 2 amide bonds. The zero-order valence-electron chi connectivity index (χ0n) is 9.16. The topological polar surface area (TPSA) is 49.4 Å². The van der Waals surface area contributed by atoms with E-state index in [2.05, 4.69) is 5.32 Å². The third-order valence-electron chi connectivity index (χ3n) is 3.21. The van der Waals surface area contributed by atoms with Crippen LogP contribution in [-0.2, 0) is 9.59 Å². The van der Waals surface area contributed by atoms with E-state index >= 15 is 0 Å². The quantitative estimate of drug-likeness (QED) is 0.676. The largest absolute Gasteiger partial charge is 0.312 e. The Balaban J connectivity index is 1.94. The van der Waals surface area contributed by atoms with E-state index in [-0.39, 0.29) is 17.7 Å². The second-order valence-electron chi connectivity index (χ2n) is 4.70. The molecule has 2 aliphatic heterocycles. The van der Waals surface area contributed by atoms with Gasteiger partial charge in [-0.25, -0.2) is 0 Å². The van der Waals surface area contributed by atoms with Crippen molar-refractivity contribution in [1.29, 1.82) is 0 Å². The van der Waals surface area contributed by atoms with Crippen molar-refractivity contribution in [3.05, 3.63) is 0 Å². The number of carbonyl (C=O) groups is 2. The Morgan fingerprint density at radius 3 is 2.53 bits per heavy atom. The monoisotopic (exact) mass is 210 g/mol. The molecule has 0 bridgehead atoms. The molecular weight excluding hydrogens is 192 g/mol. The highest BCUT2D eigenvalue weighted by atomic mass is 16.2. The van der Waals surface area contributed by atoms with Crippen LogP contribution in [0.4, 0.5) is 0 Å². The summed E-state index contributed by atoms with van der Waals surface area (Å²) in [6.07, 6.45) is 3.28. The minimum Gasteiger partial charge on any atom is -0.312 e. The molecule has 4 nitrogen and oxygen atoms in total. The lowest BCUT2D eigenvalue weighted by Gasteiger charge is -2.30. The van der Waals surface area contributed by atoms with Gasteiger partial charge in [-0.15, -0.1) is 0 Å². The standard InChI is InChI=1S/C11H18N2O2/c1-8-5-10(14)13(11(15)6-8)7-9-3-2-4-12-9/h8-9,12H,2-7H2,1H3/t9-/m1/s1. The highest BCUT2D eigenvalue weighted by molar-refractivity contribution is 5.97. The van der Waals surface area contributed by atoms with Crippen molar-refractivity contribution in [1.82, 2.24) is 10.2 Å². The first kappa shape index (κ1) is 10.6. The molecule has 1 N–H and O–H groups in total. The smallest absolute Gasteiger partial charge is 0.229 e. The van der Waals surface area contributed by atoms with Crippen LogP contribution >= 0.6 is 0 Å². The molecule has 0 unspecified atom stereocenters. The van der Waals surface area contributed by atoms with Crippen LogP contribution in [0.25, 0.3) is 0 Å². The number of likely N-dealkylation sites (tertiary alicyclic amines) is 1. The van der Waals surface area contributed by atoms with E-state index in [1.807, 2.05) is 6.92 Å². The van der Waals surface area contributed by atoms with Gasteiger partial charge in [0.05, 0.1) is 0 Å². The van der Waals surface area contributed by atoms with Crippen molar-refractivity contribution in [3.8, 4) is 0 Å².